The van der Waals surface area contributed by atoms with Crippen molar-refractivity contribution in [1.82, 2.24) is 4.90 Å². The molecule has 5 nitrogen and oxygen atoms in total. The molecule has 1 fully saturated rings. The monoisotopic (exact) mass is 501 g/mol. The van der Waals surface area contributed by atoms with Crippen LogP contribution in [0.15, 0.2) is 39.7 Å². The third-order valence-corrected chi connectivity index (χ3v) is 6.10. The second-order valence-corrected chi connectivity index (χ2v) is 8.46. The van der Waals surface area contributed by atoms with E-state index in [-0.39, 0.29) is 28.2 Å². The first-order chi connectivity index (χ1) is 13.3. The number of ether oxygens (including phenoxy) is 1. The Bertz CT molecular complexity index is 996. The van der Waals surface area contributed by atoms with E-state index >= 15 is 0 Å². The zero-order valence-corrected chi connectivity index (χ0v) is 18.5. The number of rotatable bonds is 5. The first-order valence-corrected chi connectivity index (χ1v) is 10.5. The number of carbonyl (C=O) groups is 2. The molecule has 1 aliphatic rings. The molecule has 0 atom stereocenters. The van der Waals surface area contributed by atoms with Crippen molar-refractivity contribution >= 4 is 68.1 Å². The summed E-state index contributed by atoms with van der Waals surface area (Å²) in [6.07, 6.45) is 1.59. The van der Waals surface area contributed by atoms with Crippen molar-refractivity contribution in [1.29, 1.82) is 0 Å². The third-order valence-electron chi connectivity index (χ3n) is 3.85. The van der Waals surface area contributed by atoms with Crippen molar-refractivity contribution < 1.29 is 19.4 Å². The Hall–Kier alpha value is -1.67. The summed E-state index contributed by atoms with van der Waals surface area (Å²) in [6, 6.07) is 8.22. The fraction of sp³-hybridized carbons (Fsp3) is 0.158. The molecule has 0 aliphatic carbocycles. The molecule has 2 aromatic rings. The molecule has 0 saturated carbocycles. The lowest BCUT2D eigenvalue weighted by Gasteiger charge is -2.13. The van der Waals surface area contributed by atoms with E-state index in [0.717, 1.165) is 16.7 Å². The molecule has 2 amide bonds. The minimum absolute atomic E-state index is 0.0216. The predicted molar refractivity (Wildman–Crippen MR) is 115 cm³/mol. The van der Waals surface area contributed by atoms with E-state index in [1.54, 1.807) is 43.3 Å². The normalized spacial score (nSPS) is 15.6. The average Bonchev–Trinajstić information content (AvgIpc) is 2.90. The Balaban J connectivity index is 1.85. The van der Waals surface area contributed by atoms with Gasteiger partial charge in [-0.2, -0.15) is 0 Å². The number of thioether (sulfide) groups is 1. The highest BCUT2D eigenvalue weighted by atomic mass is 79.9. The van der Waals surface area contributed by atoms with E-state index in [1.807, 2.05) is 0 Å². The Morgan fingerprint density at radius 2 is 1.96 bits per heavy atom. The van der Waals surface area contributed by atoms with Gasteiger partial charge in [-0.05, 0) is 76.1 Å². The molecule has 1 saturated heterocycles. The quantitative estimate of drug-likeness (QED) is 0.500. The zero-order chi connectivity index (χ0) is 20.4. The van der Waals surface area contributed by atoms with Gasteiger partial charge >= 0.3 is 0 Å². The Kier molecular flexibility index (Phi) is 6.60. The fourth-order valence-corrected chi connectivity index (χ4v) is 4.17. The third kappa shape index (κ3) is 4.49. The molecule has 3 rings (SSSR count). The summed E-state index contributed by atoms with van der Waals surface area (Å²) < 4.78 is 5.82. The van der Waals surface area contributed by atoms with E-state index in [0.29, 0.717) is 32.3 Å². The number of aromatic hydroxyl groups is 1. The minimum Gasteiger partial charge on any atom is -0.503 e. The van der Waals surface area contributed by atoms with Crippen molar-refractivity contribution in [3.8, 4) is 11.5 Å². The van der Waals surface area contributed by atoms with Crippen molar-refractivity contribution in [2.24, 2.45) is 0 Å². The van der Waals surface area contributed by atoms with Crippen LogP contribution in [0.5, 0.6) is 11.5 Å². The fourth-order valence-electron chi connectivity index (χ4n) is 2.55. The highest BCUT2D eigenvalue weighted by molar-refractivity contribution is 9.10. The number of halogens is 3. The van der Waals surface area contributed by atoms with Crippen molar-refractivity contribution in [3.63, 3.8) is 0 Å². The van der Waals surface area contributed by atoms with Crippen LogP contribution < -0.4 is 4.74 Å². The number of benzene rings is 2. The smallest absolute Gasteiger partial charge is 0.293 e. The van der Waals surface area contributed by atoms with Gasteiger partial charge in [0.05, 0.1) is 32.6 Å². The molecule has 1 heterocycles. The van der Waals surface area contributed by atoms with Crippen LogP contribution in [0.25, 0.3) is 6.08 Å². The maximum Gasteiger partial charge on any atom is 0.293 e. The summed E-state index contributed by atoms with van der Waals surface area (Å²) in [4.78, 5) is 26.5. The van der Waals surface area contributed by atoms with Gasteiger partial charge in [0.1, 0.15) is 0 Å². The van der Waals surface area contributed by atoms with Crippen LogP contribution in [-0.4, -0.2) is 27.8 Å². The van der Waals surface area contributed by atoms with E-state index in [2.05, 4.69) is 15.9 Å². The van der Waals surface area contributed by atoms with Crippen LogP contribution in [0, 0.1) is 0 Å². The lowest BCUT2D eigenvalue weighted by Crippen LogP contribution is -2.27. The lowest BCUT2D eigenvalue weighted by molar-refractivity contribution is -0.123. The standard InChI is InChI=1S/C19H14BrCl2NO4S/c1-2-27-15-7-11(5-12(20)17(15)24)8-16-18(25)23(19(26)28-16)9-10-3-4-13(21)14(22)6-10/h3-8,24H,2,9H2,1H3/b16-8+. The van der Waals surface area contributed by atoms with Gasteiger partial charge in [0.2, 0.25) is 0 Å². The molecule has 0 bridgehead atoms. The molecule has 0 radical (unpaired) electrons. The number of phenolic OH excluding ortho intramolecular Hbond substituents is 1. The molecular weight excluding hydrogens is 489 g/mol. The Morgan fingerprint density at radius 3 is 2.64 bits per heavy atom. The van der Waals surface area contributed by atoms with Crippen molar-refractivity contribution in [2.75, 3.05) is 6.61 Å². The summed E-state index contributed by atoms with van der Waals surface area (Å²) in [6.45, 7) is 2.28. The first-order valence-electron chi connectivity index (χ1n) is 8.14. The molecule has 9 heteroatoms. The summed E-state index contributed by atoms with van der Waals surface area (Å²) in [5.41, 5.74) is 1.32. The highest BCUT2D eigenvalue weighted by Gasteiger charge is 2.35. The minimum atomic E-state index is -0.400. The summed E-state index contributed by atoms with van der Waals surface area (Å²) in [5, 5.41) is 10.4. The van der Waals surface area contributed by atoms with E-state index < -0.39 is 5.91 Å². The number of hydrogen-bond donors (Lipinski definition) is 1. The number of hydrogen-bond acceptors (Lipinski definition) is 5. The maximum atomic E-state index is 12.7. The van der Waals surface area contributed by atoms with Gasteiger partial charge < -0.3 is 9.84 Å². The van der Waals surface area contributed by atoms with Gasteiger partial charge in [-0.3, -0.25) is 14.5 Å². The van der Waals surface area contributed by atoms with Crippen molar-refractivity contribution in [2.45, 2.75) is 13.5 Å². The van der Waals surface area contributed by atoms with Crippen molar-refractivity contribution in [3.05, 3.63) is 60.9 Å². The van der Waals surface area contributed by atoms with Crippen LogP contribution >= 0.6 is 50.9 Å². The maximum absolute atomic E-state index is 12.7. The first kappa shape index (κ1) is 21.0. The molecule has 0 unspecified atom stereocenters. The van der Waals surface area contributed by atoms with E-state index in [1.165, 1.54) is 0 Å². The second-order valence-electron chi connectivity index (χ2n) is 5.80. The van der Waals surface area contributed by atoms with Gasteiger partial charge in [0.15, 0.2) is 11.5 Å². The molecule has 0 aromatic heterocycles. The molecule has 146 valence electrons. The van der Waals surface area contributed by atoms with Gasteiger partial charge in [0.25, 0.3) is 11.1 Å². The van der Waals surface area contributed by atoms with Crippen LogP contribution in [-0.2, 0) is 11.3 Å². The van der Waals surface area contributed by atoms with Gasteiger partial charge in [-0.25, -0.2) is 0 Å². The molecule has 1 N–H and O–H groups in total. The summed E-state index contributed by atoms with van der Waals surface area (Å²) >= 11 is 16.0. The molecule has 28 heavy (non-hydrogen) atoms. The lowest BCUT2D eigenvalue weighted by atomic mass is 10.1. The van der Waals surface area contributed by atoms with Crippen LogP contribution in [0.3, 0.4) is 0 Å². The Morgan fingerprint density at radius 1 is 1.21 bits per heavy atom. The molecule has 2 aromatic carbocycles. The average molecular weight is 503 g/mol. The topological polar surface area (TPSA) is 66.8 Å². The molecular formula is C19H14BrCl2NO4S. The number of carbonyl (C=O) groups excluding carboxylic acids is 2. The summed E-state index contributed by atoms with van der Waals surface area (Å²) in [5.74, 6) is -0.131. The van der Waals surface area contributed by atoms with E-state index in [4.69, 9.17) is 27.9 Å². The number of nitrogens with zero attached hydrogens (tertiary/aromatic N) is 1. The molecule has 0 spiro atoms. The molecule has 1 aliphatic heterocycles. The highest BCUT2D eigenvalue weighted by Crippen LogP contribution is 2.38. The SMILES string of the molecule is CCOc1cc(/C=C2/SC(=O)N(Cc3ccc(Cl)c(Cl)c3)C2=O)cc(Br)c1O. The summed E-state index contributed by atoms with van der Waals surface area (Å²) in [7, 11) is 0. The van der Waals surface area contributed by atoms with Crippen LogP contribution in [0.4, 0.5) is 4.79 Å². The second kappa shape index (κ2) is 8.78. The van der Waals surface area contributed by atoms with E-state index in [9.17, 15) is 14.7 Å². The number of amides is 2. The predicted octanol–water partition coefficient (Wildman–Crippen LogP) is 6.10. The van der Waals surface area contributed by atoms with Gasteiger partial charge in [-0.1, -0.05) is 29.3 Å². The number of imide groups is 1. The zero-order valence-electron chi connectivity index (χ0n) is 14.5. The van der Waals surface area contributed by atoms with Crippen LogP contribution in [0.2, 0.25) is 10.0 Å². The Labute approximate surface area is 184 Å². The van der Waals surface area contributed by atoms with Gasteiger partial charge in [0, 0.05) is 0 Å². The largest absolute Gasteiger partial charge is 0.503 e. The number of phenols is 1. The van der Waals surface area contributed by atoms with Gasteiger partial charge in [-0.15, -0.1) is 0 Å². The van der Waals surface area contributed by atoms with Crippen LogP contribution in [0.1, 0.15) is 18.1 Å².